The molecule has 0 bridgehead atoms. The highest BCUT2D eigenvalue weighted by atomic mass is 79.9. The van der Waals surface area contributed by atoms with Gasteiger partial charge in [-0.25, -0.2) is 0 Å². The van der Waals surface area contributed by atoms with Crippen molar-refractivity contribution in [3.8, 4) is 5.75 Å². The van der Waals surface area contributed by atoms with Crippen LogP contribution in [0.15, 0.2) is 22.7 Å². The summed E-state index contributed by atoms with van der Waals surface area (Å²) < 4.78 is 6.95. The summed E-state index contributed by atoms with van der Waals surface area (Å²) in [4.78, 5) is 0. The number of hydrogen-bond acceptors (Lipinski definition) is 2. The molecule has 1 saturated carbocycles. The summed E-state index contributed by atoms with van der Waals surface area (Å²) in [6.45, 7) is 0.747. The van der Waals surface area contributed by atoms with E-state index < -0.39 is 0 Å². The summed E-state index contributed by atoms with van der Waals surface area (Å²) in [5.41, 5.74) is 0.235. The van der Waals surface area contributed by atoms with Crippen LogP contribution in [0, 0.1) is 5.41 Å². The molecule has 106 valence electrons. The molecule has 0 amide bonds. The maximum absolute atomic E-state index is 6.03. The molecule has 0 spiro atoms. The Bertz CT molecular complexity index is 417. The second kappa shape index (κ2) is 7.24. The van der Waals surface area contributed by atoms with Gasteiger partial charge in [-0.1, -0.05) is 37.3 Å². The Balaban J connectivity index is 2.02. The first kappa shape index (κ1) is 15.5. The van der Waals surface area contributed by atoms with Crippen LogP contribution in [0.5, 0.6) is 5.75 Å². The van der Waals surface area contributed by atoms with Crippen molar-refractivity contribution in [1.29, 1.82) is 0 Å². The Kier molecular flexibility index (Phi) is 5.91. The average Bonchev–Trinajstić information content (AvgIpc) is 2.64. The van der Waals surface area contributed by atoms with E-state index in [0.717, 1.165) is 27.6 Å². The summed E-state index contributed by atoms with van der Waals surface area (Å²) in [6, 6.07) is 5.66. The third-order valence-corrected chi connectivity index (χ3v) is 5.45. The zero-order valence-corrected chi connectivity index (χ0v) is 14.2. The van der Waals surface area contributed by atoms with Crippen LogP contribution in [0.3, 0.4) is 0 Å². The van der Waals surface area contributed by atoms with Gasteiger partial charge in [0.15, 0.2) is 0 Å². The molecule has 1 aliphatic carbocycles. The largest absolute Gasteiger partial charge is 0.492 e. The van der Waals surface area contributed by atoms with E-state index in [1.807, 2.05) is 18.2 Å². The lowest BCUT2D eigenvalue weighted by atomic mass is 9.83. The summed E-state index contributed by atoms with van der Waals surface area (Å²) in [7, 11) is 0. The van der Waals surface area contributed by atoms with E-state index in [0.29, 0.717) is 0 Å². The molecule has 1 nitrogen and oxygen atoms in total. The van der Waals surface area contributed by atoms with Gasteiger partial charge < -0.3 is 4.74 Å². The molecule has 1 aliphatic rings. The van der Waals surface area contributed by atoms with Gasteiger partial charge in [-0.05, 0) is 52.7 Å². The molecule has 4 heteroatoms. The molecular weight excluding hydrogens is 344 g/mol. The number of hydrogen-bond donors (Lipinski definition) is 1. The molecule has 0 aliphatic heterocycles. The van der Waals surface area contributed by atoms with Crippen LogP contribution in [0.2, 0.25) is 5.02 Å². The minimum Gasteiger partial charge on any atom is -0.492 e. The molecule has 1 aromatic rings. The minimum absolute atomic E-state index is 0.235. The standard InChI is InChI=1S/C15H20BrClOS/c16-13-9-12(17)5-6-14(13)18-10-15(11-19)7-3-1-2-4-8-15/h5-6,9,19H,1-4,7-8,10-11H2. The van der Waals surface area contributed by atoms with E-state index in [4.69, 9.17) is 16.3 Å². The van der Waals surface area contributed by atoms with E-state index >= 15 is 0 Å². The van der Waals surface area contributed by atoms with Crippen molar-refractivity contribution in [2.75, 3.05) is 12.4 Å². The Labute approximate surface area is 134 Å². The smallest absolute Gasteiger partial charge is 0.133 e. The summed E-state index contributed by atoms with van der Waals surface area (Å²) in [5.74, 6) is 1.77. The van der Waals surface area contributed by atoms with Gasteiger partial charge in [-0.15, -0.1) is 0 Å². The van der Waals surface area contributed by atoms with Crippen molar-refractivity contribution in [2.24, 2.45) is 5.41 Å². The van der Waals surface area contributed by atoms with Crippen LogP contribution in [0.1, 0.15) is 38.5 Å². The second-order valence-electron chi connectivity index (χ2n) is 5.44. The van der Waals surface area contributed by atoms with Crippen molar-refractivity contribution in [3.05, 3.63) is 27.7 Å². The number of ether oxygens (including phenoxy) is 1. The van der Waals surface area contributed by atoms with Crippen molar-refractivity contribution in [1.82, 2.24) is 0 Å². The fourth-order valence-corrected chi connectivity index (χ4v) is 3.85. The van der Waals surface area contributed by atoms with Crippen LogP contribution in [0.4, 0.5) is 0 Å². The fraction of sp³-hybridized carbons (Fsp3) is 0.600. The van der Waals surface area contributed by atoms with E-state index in [2.05, 4.69) is 28.6 Å². The van der Waals surface area contributed by atoms with Gasteiger partial charge in [0.2, 0.25) is 0 Å². The summed E-state index contributed by atoms with van der Waals surface area (Å²) >= 11 is 14.0. The molecule has 1 aromatic carbocycles. The SMILES string of the molecule is SCC1(COc2ccc(Cl)cc2Br)CCCCCC1. The minimum atomic E-state index is 0.235. The van der Waals surface area contributed by atoms with E-state index in [9.17, 15) is 0 Å². The molecule has 0 atom stereocenters. The third kappa shape index (κ3) is 4.30. The zero-order valence-electron chi connectivity index (χ0n) is 11.0. The van der Waals surface area contributed by atoms with Crippen LogP contribution in [0.25, 0.3) is 0 Å². The number of thiol groups is 1. The maximum Gasteiger partial charge on any atom is 0.133 e. The lowest BCUT2D eigenvalue weighted by Gasteiger charge is -2.31. The van der Waals surface area contributed by atoms with E-state index in [-0.39, 0.29) is 5.41 Å². The first-order chi connectivity index (χ1) is 9.15. The molecule has 0 unspecified atom stereocenters. The van der Waals surface area contributed by atoms with Crippen LogP contribution in [-0.4, -0.2) is 12.4 Å². The predicted octanol–water partition coefficient (Wildman–Crippen LogP) is 5.75. The summed E-state index contributed by atoms with van der Waals surface area (Å²) in [5, 5.41) is 0.720. The van der Waals surface area contributed by atoms with Crippen molar-refractivity contribution < 1.29 is 4.74 Å². The Morgan fingerprint density at radius 2 is 1.89 bits per heavy atom. The Morgan fingerprint density at radius 1 is 1.21 bits per heavy atom. The molecule has 1 fully saturated rings. The first-order valence-corrected chi connectivity index (χ1v) is 8.64. The molecular formula is C15H20BrClOS. The molecule has 0 aromatic heterocycles. The van der Waals surface area contributed by atoms with Gasteiger partial charge in [-0.2, -0.15) is 12.6 Å². The number of benzene rings is 1. The maximum atomic E-state index is 6.03. The molecule has 0 saturated heterocycles. The van der Waals surface area contributed by atoms with Crippen molar-refractivity contribution in [2.45, 2.75) is 38.5 Å². The molecule has 0 N–H and O–H groups in total. The molecule has 19 heavy (non-hydrogen) atoms. The van der Waals surface area contributed by atoms with Gasteiger partial charge >= 0.3 is 0 Å². The van der Waals surface area contributed by atoms with Crippen LogP contribution >= 0.6 is 40.2 Å². The topological polar surface area (TPSA) is 9.23 Å². The first-order valence-electron chi connectivity index (χ1n) is 6.84. The fourth-order valence-electron chi connectivity index (χ4n) is 2.65. The zero-order chi connectivity index (χ0) is 13.7. The number of halogens is 2. The highest BCUT2D eigenvalue weighted by Crippen LogP contribution is 2.37. The lowest BCUT2D eigenvalue weighted by molar-refractivity contribution is 0.147. The highest BCUT2D eigenvalue weighted by molar-refractivity contribution is 9.10. The average molecular weight is 364 g/mol. The van der Waals surface area contributed by atoms with E-state index in [1.165, 1.54) is 38.5 Å². The van der Waals surface area contributed by atoms with Crippen molar-refractivity contribution >= 4 is 40.2 Å². The van der Waals surface area contributed by atoms with Gasteiger partial charge in [0.25, 0.3) is 0 Å². The molecule has 2 rings (SSSR count). The lowest BCUT2D eigenvalue weighted by Crippen LogP contribution is -2.30. The van der Waals surface area contributed by atoms with Gasteiger partial charge in [-0.3, -0.25) is 0 Å². The van der Waals surface area contributed by atoms with Gasteiger partial charge in [0, 0.05) is 10.4 Å². The van der Waals surface area contributed by atoms with Crippen LogP contribution in [-0.2, 0) is 0 Å². The third-order valence-electron chi connectivity index (χ3n) is 3.93. The van der Waals surface area contributed by atoms with Crippen molar-refractivity contribution in [3.63, 3.8) is 0 Å². The normalized spacial score (nSPS) is 18.9. The Morgan fingerprint density at radius 3 is 2.47 bits per heavy atom. The van der Waals surface area contributed by atoms with Gasteiger partial charge in [0.05, 0.1) is 11.1 Å². The van der Waals surface area contributed by atoms with Crippen LogP contribution < -0.4 is 4.74 Å². The molecule has 0 heterocycles. The number of rotatable bonds is 4. The second-order valence-corrected chi connectivity index (χ2v) is 7.04. The highest BCUT2D eigenvalue weighted by Gasteiger charge is 2.30. The quantitative estimate of drug-likeness (QED) is 0.529. The van der Waals surface area contributed by atoms with Gasteiger partial charge in [0.1, 0.15) is 5.75 Å². The Hall–Kier alpha value is 0.140. The summed E-state index contributed by atoms with van der Waals surface area (Å²) in [6.07, 6.45) is 7.74. The predicted molar refractivity (Wildman–Crippen MR) is 88.6 cm³/mol. The van der Waals surface area contributed by atoms with E-state index in [1.54, 1.807) is 0 Å². The molecule has 0 radical (unpaired) electrons. The monoisotopic (exact) mass is 362 g/mol.